The van der Waals surface area contributed by atoms with Crippen LogP contribution in [0.3, 0.4) is 0 Å². The molecule has 0 radical (unpaired) electrons. The number of hydrogen-bond acceptors (Lipinski definition) is 13. The molecule has 2 amide bonds. The highest BCUT2D eigenvalue weighted by Crippen LogP contribution is 2.41. The number of benzene rings is 4. The van der Waals surface area contributed by atoms with Crippen LogP contribution in [0.15, 0.2) is 124 Å². The maximum atomic E-state index is 13.9. The molecule has 0 aliphatic carbocycles. The summed E-state index contributed by atoms with van der Waals surface area (Å²) in [5.41, 5.74) is 0.830. The summed E-state index contributed by atoms with van der Waals surface area (Å²) in [6, 6.07) is 23.2. The zero-order valence-corrected chi connectivity index (χ0v) is 31.4. The second-order valence-corrected chi connectivity index (χ2v) is 17.4. The van der Waals surface area contributed by atoms with E-state index in [2.05, 4.69) is 5.32 Å². The minimum Gasteiger partial charge on any atom is -0.484 e. The van der Waals surface area contributed by atoms with E-state index in [1.807, 2.05) is 0 Å². The number of para-hydroxylation sites is 1. The van der Waals surface area contributed by atoms with E-state index < -0.39 is 77.8 Å². The first-order chi connectivity index (χ1) is 25.6. The molecule has 0 saturated carbocycles. The molecule has 282 valence electrons. The van der Waals surface area contributed by atoms with Crippen molar-refractivity contribution in [2.75, 3.05) is 6.61 Å². The van der Waals surface area contributed by atoms with E-state index in [0.29, 0.717) is 16.2 Å². The van der Waals surface area contributed by atoms with Crippen LogP contribution in [-0.4, -0.2) is 62.5 Å². The highest BCUT2D eigenvalue weighted by molar-refractivity contribution is 8.72. The van der Waals surface area contributed by atoms with Gasteiger partial charge in [0.25, 0.3) is 17.5 Å². The minimum absolute atomic E-state index is 0.143. The lowest BCUT2D eigenvalue weighted by atomic mass is 10.1. The number of rotatable bonds is 15. The molecular weight excluding hydrogens is 763 g/mol. The zero-order valence-electron chi connectivity index (χ0n) is 28.9. The fraction of sp³-hybridized carbons (Fsp3) is 0.194. The molecule has 1 N–H and O–H groups in total. The Balaban J connectivity index is 1.51. The topological polar surface area (TPSA) is 206 Å². The number of non-ortho nitro benzene ring substituents is 1. The van der Waals surface area contributed by atoms with Crippen molar-refractivity contribution in [2.45, 2.75) is 48.6 Å². The van der Waals surface area contributed by atoms with Crippen LogP contribution < -0.4 is 10.1 Å². The van der Waals surface area contributed by atoms with Gasteiger partial charge in [0.05, 0.1) is 9.82 Å². The first-order valence-electron chi connectivity index (χ1n) is 16.0. The van der Waals surface area contributed by atoms with Crippen molar-refractivity contribution in [1.29, 1.82) is 0 Å². The number of carbonyl (C=O) groups excluding carboxylic acids is 3. The molecule has 1 aliphatic rings. The molecule has 1 aliphatic heterocycles. The summed E-state index contributed by atoms with van der Waals surface area (Å²) in [7, 11) is -8.68. The van der Waals surface area contributed by atoms with E-state index in [-0.39, 0.29) is 26.3 Å². The summed E-state index contributed by atoms with van der Waals surface area (Å²) in [5, 5.41) is 12.0. The summed E-state index contributed by atoms with van der Waals surface area (Å²) in [6.07, 6.45) is 0. The van der Waals surface area contributed by atoms with Gasteiger partial charge in [-0.3, -0.25) is 24.6 Å². The van der Waals surface area contributed by atoms with Crippen LogP contribution in [-0.2, 0) is 48.9 Å². The van der Waals surface area contributed by atoms with E-state index in [1.54, 1.807) is 56.3 Å². The molecule has 0 spiro atoms. The van der Waals surface area contributed by atoms with Gasteiger partial charge in [-0.15, -0.1) is 0 Å². The SMILES string of the molecule is CC(OS(=O)(=O)c1ccc(C)cc1)=C(C(=O)OCc1ccc([N+](=O)[O-])cc1)N1C(=O)C(NC(=O)COc2ccccc2)C1SS(=O)(=O)c1ccc(C)cc1. The molecule has 2 atom stereocenters. The van der Waals surface area contributed by atoms with Gasteiger partial charge in [-0.25, -0.2) is 13.2 Å². The van der Waals surface area contributed by atoms with E-state index in [9.17, 15) is 41.3 Å². The van der Waals surface area contributed by atoms with Crippen molar-refractivity contribution in [3.8, 4) is 5.75 Å². The van der Waals surface area contributed by atoms with E-state index >= 15 is 0 Å². The number of carbonyl (C=O) groups is 3. The molecule has 2 unspecified atom stereocenters. The van der Waals surface area contributed by atoms with Crippen LogP contribution in [0.25, 0.3) is 0 Å². The molecule has 54 heavy (non-hydrogen) atoms. The lowest BCUT2D eigenvalue weighted by molar-refractivity contribution is -0.384. The van der Waals surface area contributed by atoms with Crippen LogP contribution in [0, 0.1) is 24.0 Å². The van der Waals surface area contributed by atoms with Crippen LogP contribution >= 0.6 is 10.8 Å². The second kappa shape index (κ2) is 16.5. The minimum atomic E-state index is -4.61. The average molecular weight is 796 g/mol. The van der Waals surface area contributed by atoms with Crippen molar-refractivity contribution < 1.29 is 49.8 Å². The normalized spacial score (nSPS) is 16.1. The summed E-state index contributed by atoms with van der Waals surface area (Å²) in [6.45, 7) is 3.54. The molecule has 0 aromatic heterocycles. The quantitative estimate of drug-likeness (QED) is 0.0253. The Morgan fingerprint density at radius 2 is 1.43 bits per heavy atom. The van der Waals surface area contributed by atoms with Gasteiger partial charge in [-0.2, -0.15) is 8.42 Å². The molecule has 18 heteroatoms. The van der Waals surface area contributed by atoms with Crippen LogP contribution in [0.4, 0.5) is 5.69 Å². The van der Waals surface area contributed by atoms with Crippen molar-refractivity contribution in [2.24, 2.45) is 0 Å². The number of aryl methyl sites for hydroxylation is 2. The first-order valence-corrected chi connectivity index (χ1v) is 20.3. The second-order valence-electron chi connectivity index (χ2n) is 11.9. The van der Waals surface area contributed by atoms with Gasteiger partial charge in [0.2, 0.25) is 8.87 Å². The number of ether oxygens (including phenoxy) is 2. The van der Waals surface area contributed by atoms with Crippen molar-refractivity contribution in [3.05, 3.63) is 141 Å². The van der Waals surface area contributed by atoms with Crippen LogP contribution in [0.5, 0.6) is 5.75 Å². The molecule has 15 nitrogen and oxygen atoms in total. The first kappa shape index (κ1) is 39.5. The Bertz CT molecular complexity index is 2300. The lowest BCUT2D eigenvalue weighted by Gasteiger charge is -2.46. The summed E-state index contributed by atoms with van der Waals surface area (Å²) in [4.78, 5) is 51.5. The van der Waals surface area contributed by atoms with Gasteiger partial charge in [0, 0.05) is 22.9 Å². The Morgan fingerprint density at radius 1 is 0.852 bits per heavy atom. The van der Waals surface area contributed by atoms with Gasteiger partial charge in [0.15, 0.2) is 12.3 Å². The van der Waals surface area contributed by atoms with Gasteiger partial charge < -0.3 is 19.0 Å². The highest BCUT2D eigenvalue weighted by Gasteiger charge is 2.55. The molecule has 1 fully saturated rings. The fourth-order valence-corrected chi connectivity index (χ4v) is 9.45. The summed E-state index contributed by atoms with van der Waals surface area (Å²) in [5.74, 6) is -3.37. The highest BCUT2D eigenvalue weighted by atomic mass is 33.1. The average Bonchev–Trinajstić information content (AvgIpc) is 3.14. The van der Waals surface area contributed by atoms with Crippen molar-refractivity contribution in [3.63, 3.8) is 0 Å². The van der Waals surface area contributed by atoms with Crippen molar-refractivity contribution >= 4 is 53.3 Å². The number of esters is 1. The number of amides is 2. The number of allylic oxidation sites excluding steroid dienone is 1. The van der Waals surface area contributed by atoms with Crippen LogP contribution in [0.2, 0.25) is 0 Å². The molecule has 4 aromatic carbocycles. The number of nitro benzene ring substituents is 1. The molecule has 1 saturated heterocycles. The monoisotopic (exact) mass is 795 g/mol. The smallest absolute Gasteiger partial charge is 0.359 e. The van der Waals surface area contributed by atoms with Crippen molar-refractivity contribution in [1.82, 2.24) is 10.2 Å². The number of hydrogen-bond donors (Lipinski definition) is 1. The Morgan fingerprint density at radius 3 is 2.00 bits per heavy atom. The molecule has 1 heterocycles. The Labute approximate surface area is 314 Å². The summed E-state index contributed by atoms with van der Waals surface area (Å²) < 4.78 is 70.3. The summed E-state index contributed by atoms with van der Waals surface area (Å²) >= 11 is 0. The number of β-lactam (4-membered cyclic amide) rings is 1. The molecule has 4 aromatic rings. The Hall–Kier alpha value is -5.72. The number of nitrogens with zero attached hydrogens (tertiary/aromatic N) is 2. The Kier molecular flexibility index (Phi) is 12.1. The van der Waals surface area contributed by atoms with E-state index in [0.717, 1.165) is 18.1 Å². The maximum Gasteiger partial charge on any atom is 0.359 e. The lowest BCUT2D eigenvalue weighted by Crippen LogP contribution is -2.70. The fourth-order valence-electron chi connectivity index (χ4n) is 5.00. The van der Waals surface area contributed by atoms with Gasteiger partial charge >= 0.3 is 16.1 Å². The predicted molar refractivity (Wildman–Crippen MR) is 195 cm³/mol. The third-order valence-electron chi connectivity index (χ3n) is 7.84. The van der Waals surface area contributed by atoms with Gasteiger partial charge in [0.1, 0.15) is 34.4 Å². The maximum absolute atomic E-state index is 13.9. The van der Waals surface area contributed by atoms with Crippen LogP contribution in [0.1, 0.15) is 23.6 Å². The number of nitrogens with one attached hydrogen (secondary N) is 1. The van der Waals surface area contributed by atoms with Gasteiger partial charge in [-0.05, 0) is 74.9 Å². The zero-order chi connectivity index (χ0) is 39.2. The molecule has 5 rings (SSSR count). The van der Waals surface area contributed by atoms with E-state index in [1.165, 1.54) is 60.7 Å². The predicted octanol–water partition coefficient (Wildman–Crippen LogP) is 4.75. The molecular formula is C36H33N3O12S3. The molecule has 0 bridgehead atoms. The third-order valence-corrected chi connectivity index (χ3v) is 12.9. The number of nitro groups is 1. The number of likely N-dealkylation sites (tertiary alicyclic amines) is 1. The third kappa shape index (κ3) is 9.44. The van der Waals surface area contributed by atoms with Gasteiger partial charge in [-0.1, -0.05) is 53.6 Å². The standard InChI is InChI=1S/C36H33N3O12S3/c1-23-9-17-29(18-10-23)53(45,46)51-25(3)33(36(42)50-21-26-13-15-27(16-14-26)39(43)44)38-34(41)32(37-31(40)22-49-28-7-5-4-6-8-28)35(38)52-54(47,48)30-19-11-24(2)12-20-30/h4-20,32,35H,21-22H2,1-3H3,(H,37,40). The van der Waals surface area contributed by atoms with E-state index in [4.69, 9.17) is 13.7 Å². The largest absolute Gasteiger partial charge is 0.484 e.